The van der Waals surface area contributed by atoms with E-state index < -0.39 is 10.0 Å². The van der Waals surface area contributed by atoms with Crippen LogP contribution in [-0.4, -0.2) is 38.1 Å². The van der Waals surface area contributed by atoms with Crippen LogP contribution in [0.2, 0.25) is 0 Å². The number of aromatic nitrogens is 2. The first-order valence-electron chi connectivity index (χ1n) is 10.7. The molecule has 1 saturated carbocycles. The van der Waals surface area contributed by atoms with Gasteiger partial charge >= 0.3 is 0 Å². The molecule has 2 N–H and O–H groups in total. The van der Waals surface area contributed by atoms with Gasteiger partial charge in [0.15, 0.2) is 5.13 Å². The summed E-state index contributed by atoms with van der Waals surface area (Å²) in [5.41, 5.74) is 2.89. The van der Waals surface area contributed by atoms with Gasteiger partial charge in [-0.05, 0) is 68.4 Å². The molecule has 0 spiro atoms. The van der Waals surface area contributed by atoms with Crippen molar-refractivity contribution < 1.29 is 13.2 Å². The van der Waals surface area contributed by atoms with Gasteiger partial charge in [-0.15, -0.1) is 11.3 Å². The molecule has 0 saturated heterocycles. The zero-order chi connectivity index (χ0) is 22.6. The number of methoxy groups -OCH3 is 1. The summed E-state index contributed by atoms with van der Waals surface area (Å²) in [5, 5.41) is 6.40. The van der Waals surface area contributed by atoms with Crippen LogP contribution in [-0.2, 0) is 10.0 Å². The largest absolute Gasteiger partial charge is 0.495 e. The predicted octanol–water partition coefficient (Wildman–Crippen LogP) is 4.47. The molecule has 0 bridgehead atoms. The number of anilines is 1. The molecule has 2 heterocycles. The second-order valence-electron chi connectivity index (χ2n) is 8.15. The molecule has 1 fully saturated rings. The van der Waals surface area contributed by atoms with E-state index in [9.17, 15) is 8.42 Å². The van der Waals surface area contributed by atoms with E-state index in [0.717, 1.165) is 54.2 Å². The van der Waals surface area contributed by atoms with Gasteiger partial charge in [0.05, 0.1) is 12.8 Å². The molecule has 1 aromatic carbocycles. The normalized spacial score (nSPS) is 18.9. The molecule has 2 aromatic heterocycles. The number of ether oxygens (including phenoxy) is 1. The Kier molecular flexibility index (Phi) is 7.07. The zero-order valence-corrected chi connectivity index (χ0v) is 19.9. The maximum atomic E-state index is 12.9. The van der Waals surface area contributed by atoms with Crippen LogP contribution in [0.4, 0.5) is 5.13 Å². The van der Waals surface area contributed by atoms with Crippen molar-refractivity contribution in [2.45, 2.75) is 43.5 Å². The lowest BCUT2D eigenvalue weighted by Gasteiger charge is -2.29. The Morgan fingerprint density at radius 1 is 1.12 bits per heavy atom. The number of sulfonamides is 1. The van der Waals surface area contributed by atoms with E-state index in [1.54, 1.807) is 35.9 Å². The quantitative estimate of drug-likeness (QED) is 0.502. The molecule has 0 aliphatic heterocycles. The number of benzene rings is 1. The van der Waals surface area contributed by atoms with Crippen LogP contribution in [0.1, 0.15) is 31.2 Å². The summed E-state index contributed by atoms with van der Waals surface area (Å²) in [4.78, 5) is 8.91. The second kappa shape index (κ2) is 9.97. The third-order valence-electron chi connectivity index (χ3n) is 5.80. The second-order valence-corrected chi connectivity index (χ2v) is 10.7. The van der Waals surface area contributed by atoms with E-state index >= 15 is 0 Å². The molecule has 32 heavy (non-hydrogen) atoms. The van der Waals surface area contributed by atoms with Crippen molar-refractivity contribution in [2.75, 3.05) is 19.0 Å². The zero-order valence-electron chi connectivity index (χ0n) is 18.2. The van der Waals surface area contributed by atoms with E-state index in [4.69, 9.17) is 4.74 Å². The molecule has 1 aliphatic rings. The van der Waals surface area contributed by atoms with Gasteiger partial charge in [-0.2, -0.15) is 0 Å². The summed E-state index contributed by atoms with van der Waals surface area (Å²) in [7, 11) is -2.13. The topological polar surface area (TPSA) is 93.2 Å². The van der Waals surface area contributed by atoms with Crippen molar-refractivity contribution in [3.8, 4) is 17.0 Å². The van der Waals surface area contributed by atoms with Crippen molar-refractivity contribution in [1.82, 2.24) is 14.7 Å². The van der Waals surface area contributed by atoms with Crippen molar-refractivity contribution >= 4 is 26.5 Å². The van der Waals surface area contributed by atoms with E-state index in [-0.39, 0.29) is 10.9 Å². The van der Waals surface area contributed by atoms with Gasteiger partial charge in [0.1, 0.15) is 10.6 Å². The lowest BCUT2D eigenvalue weighted by Crippen LogP contribution is -2.38. The number of nitrogens with zero attached hydrogens (tertiary/aromatic N) is 2. The first-order chi connectivity index (χ1) is 15.4. The Morgan fingerprint density at radius 2 is 1.88 bits per heavy atom. The lowest BCUT2D eigenvalue weighted by atomic mass is 9.86. The molecule has 0 atom stereocenters. The highest BCUT2D eigenvalue weighted by atomic mass is 32.2. The van der Waals surface area contributed by atoms with E-state index in [0.29, 0.717) is 11.7 Å². The fraction of sp³-hybridized carbons (Fsp3) is 0.391. The van der Waals surface area contributed by atoms with Crippen molar-refractivity contribution in [3.63, 3.8) is 0 Å². The number of aryl methyl sites for hydroxylation is 1. The van der Waals surface area contributed by atoms with Gasteiger partial charge in [-0.1, -0.05) is 6.07 Å². The number of pyridine rings is 1. The van der Waals surface area contributed by atoms with E-state index in [1.807, 2.05) is 30.5 Å². The van der Waals surface area contributed by atoms with Crippen LogP contribution >= 0.6 is 11.3 Å². The Labute approximate surface area is 193 Å². The van der Waals surface area contributed by atoms with E-state index in [1.165, 1.54) is 7.11 Å². The summed E-state index contributed by atoms with van der Waals surface area (Å²) in [6.07, 6.45) is 7.11. The summed E-state index contributed by atoms with van der Waals surface area (Å²) < 4.78 is 34.0. The molecule has 0 radical (unpaired) electrons. The Hall–Kier alpha value is -2.49. The number of rotatable bonds is 8. The van der Waals surface area contributed by atoms with Gasteiger partial charge in [0.25, 0.3) is 0 Å². The van der Waals surface area contributed by atoms with Crippen LogP contribution in [0.5, 0.6) is 5.75 Å². The van der Waals surface area contributed by atoms with Crippen LogP contribution in [0.25, 0.3) is 11.3 Å². The molecule has 3 aromatic rings. The highest BCUT2D eigenvalue weighted by molar-refractivity contribution is 7.89. The van der Waals surface area contributed by atoms with Crippen LogP contribution in [0.3, 0.4) is 0 Å². The number of hydrogen-bond donors (Lipinski definition) is 2. The summed E-state index contributed by atoms with van der Waals surface area (Å²) in [5.74, 6) is 0.869. The molecule has 7 nitrogen and oxygen atoms in total. The monoisotopic (exact) mass is 472 g/mol. The number of hydrogen-bond acceptors (Lipinski definition) is 7. The smallest absolute Gasteiger partial charge is 0.244 e. The molecular formula is C23H28N4O3S2. The van der Waals surface area contributed by atoms with Crippen molar-refractivity contribution in [2.24, 2.45) is 5.92 Å². The standard InChI is InChI=1S/C23H28N4O3S2/c1-16-3-8-21(30-2)22(13-16)32(28,29)27-19-6-4-17(5-7-19)14-25-23-26-20(15-31-23)18-9-11-24-12-10-18/h3,8-13,15,17,19,27H,4-7,14H2,1-2H3,(H,25,26). The van der Waals surface area contributed by atoms with Crippen LogP contribution < -0.4 is 14.8 Å². The summed E-state index contributed by atoms with van der Waals surface area (Å²) >= 11 is 1.60. The SMILES string of the molecule is COc1ccc(C)cc1S(=O)(=O)NC1CCC(CNc2nc(-c3ccncc3)cs2)CC1. The van der Waals surface area contributed by atoms with Gasteiger partial charge < -0.3 is 10.1 Å². The molecule has 170 valence electrons. The minimum absolute atomic E-state index is 0.0559. The van der Waals surface area contributed by atoms with Crippen molar-refractivity contribution in [3.05, 3.63) is 53.7 Å². The third-order valence-corrected chi connectivity index (χ3v) is 8.14. The minimum Gasteiger partial charge on any atom is -0.495 e. The fourth-order valence-corrected chi connectivity index (χ4v) is 6.29. The molecule has 0 unspecified atom stereocenters. The van der Waals surface area contributed by atoms with Crippen molar-refractivity contribution in [1.29, 1.82) is 0 Å². The molecule has 4 rings (SSSR count). The Balaban J connectivity index is 1.28. The number of thiazole rings is 1. The van der Waals surface area contributed by atoms with Crippen LogP contribution in [0, 0.1) is 12.8 Å². The fourth-order valence-electron chi connectivity index (χ4n) is 4.00. The average molecular weight is 473 g/mol. The minimum atomic E-state index is -3.62. The molecule has 9 heteroatoms. The maximum Gasteiger partial charge on any atom is 0.244 e. The molecular weight excluding hydrogens is 444 g/mol. The number of nitrogens with one attached hydrogen (secondary N) is 2. The predicted molar refractivity (Wildman–Crippen MR) is 128 cm³/mol. The van der Waals surface area contributed by atoms with Gasteiger partial charge in [-0.3, -0.25) is 4.98 Å². The highest BCUT2D eigenvalue weighted by Crippen LogP contribution is 2.30. The Morgan fingerprint density at radius 3 is 2.59 bits per heavy atom. The van der Waals surface area contributed by atoms with Gasteiger partial charge in [0, 0.05) is 35.9 Å². The average Bonchev–Trinajstić information content (AvgIpc) is 3.28. The highest BCUT2D eigenvalue weighted by Gasteiger charge is 2.27. The summed E-state index contributed by atoms with van der Waals surface area (Å²) in [6.45, 7) is 2.72. The lowest BCUT2D eigenvalue weighted by molar-refractivity contribution is 0.323. The third kappa shape index (κ3) is 5.46. The van der Waals surface area contributed by atoms with Crippen LogP contribution in [0.15, 0.2) is 53.0 Å². The van der Waals surface area contributed by atoms with Gasteiger partial charge in [0.2, 0.25) is 10.0 Å². The maximum absolute atomic E-state index is 12.9. The molecule has 1 aliphatic carbocycles. The van der Waals surface area contributed by atoms with Gasteiger partial charge in [-0.25, -0.2) is 18.1 Å². The first kappa shape index (κ1) is 22.7. The summed E-state index contributed by atoms with van der Waals surface area (Å²) in [6, 6.07) is 9.05. The van der Waals surface area contributed by atoms with E-state index in [2.05, 4.69) is 20.0 Å². The molecule has 0 amide bonds. The first-order valence-corrected chi connectivity index (χ1v) is 13.1. The Bertz CT molecular complexity index is 1140.